The Hall–Kier alpha value is -2.56. The van der Waals surface area contributed by atoms with Crippen molar-refractivity contribution in [3.63, 3.8) is 0 Å². The molecule has 28 heavy (non-hydrogen) atoms. The summed E-state index contributed by atoms with van der Waals surface area (Å²) >= 11 is 0. The number of aromatic nitrogens is 1. The van der Waals surface area contributed by atoms with Gasteiger partial charge < -0.3 is 14.8 Å². The molecule has 1 aromatic carbocycles. The quantitative estimate of drug-likeness (QED) is 0.826. The highest BCUT2D eigenvalue weighted by Crippen LogP contribution is 2.37. The van der Waals surface area contributed by atoms with Gasteiger partial charge in [0.05, 0.1) is 13.2 Å². The average molecular weight is 380 g/mol. The summed E-state index contributed by atoms with van der Waals surface area (Å²) < 4.78 is 11.8. The molecule has 2 heterocycles. The van der Waals surface area contributed by atoms with E-state index < -0.39 is 0 Å². The second-order valence-electron chi connectivity index (χ2n) is 7.83. The van der Waals surface area contributed by atoms with Crippen molar-refractivity contribution in [2.24, 2.45) is 5.92 Å². The van der Waals surface area contributed by atoms with E-state index in [9.17, 15) is 4.79 Å². The third-order valence-corrected chi connectivity index (χ3v) is 5.90. The van der Waals surface area contributed by atoms with Crippen molar-refractivity contribution in [1.29, 1.82) is 0 Å². The smallest absolute Gasteiger partial charge is 0.223 e. The Bertz CT molecular complexity index is 803. The van der Waals surface area contributed by atoms with Crippen molar-refractivity contribution < 1.29 is 14.3 Å². The summed E-state index contributed by atoms with van der Waals surface area (Å²) in [6, 6.07) is 12.0. The molecular formula is C23H28N2O3. The van der Waals surface area contributed by atoms with E-state index in [1.165, 1.54) is 18.4 Å². The molecule has 4 rings (SSSR count). The molecule has 0 spiro atoms. The zero-order chi connectivity index (χ0) is 19.3. The Morgan fingerprint density at radius 2 is 2.00 bits per heavy atom. The van der Waals surface area contributed by atoms with Crippen molar-refractivity contribution in [3.8, 4) is 11.5 Å². The number of ether oxygens (including phenoxy) is 2. The maximum absolute atomic E-state index is 12.4. The molecule has 1 N–H and O–H groups in total. The lowest BCUT2D eigenvalue weighted by atomic mass is 9.83. The molecule has 2 atom stereocenters. The molecule has 2 aliphatic rings. The van der Waals surface area contributed by atoms with E-state index in [1.807, 2.05) is 24.3 Å². The van der Waals surface area contributed by atoms with Gasteiger partial charge in [-0.1, -0.05) is 12.1 Å². The fraction of sp³-hybridized carbons (Fsp3) is 0.478. The number of amides is 1. The first-order chi connectivity index (χ1) is 13.7. The highest BCUT2D eigenvalue weighted by Gasteiger charge is 2.30. The molecule has 0 unspecified atom stereocenters. The molecule has 1 saturated heterocycles. The van der Waals surface area contributed by atoms with Gasteiger partial charge in [-0.05, 0) is 61.9 Å². The molecule has 2 fully saturated rings. The van der Waals surface area contributed by atoms with E-state index in [4.69, 9.17) is 9.47 Å². The van der Waals surface area contributed by atoms with Crippen LogP contribution >= 0.6 is 0 Å². The monoisotopic (exact) mass is 380 g/mol. The van der Waals surface area contributed by atoms with Crippen LogP contribution in [0.4, 0.5) is 0 Å². The van der Waals surface area contributed by atoms with E-state index in [-0.39, 0.29) is 23.8 Å². The molecule has 1 aliphatic heterocycles. The van der Waals surface area contributed by atoms with E-state index in [2.05, 4.69) is 22.4 Å². The van der Waals surface area contributed by atoms with Gasteiger partial charge >= 0.3 is 0 Å². The Morgan fingerprint density at radius 1 is 1.14 bits per heavy atom. The van der Waals surface area contributed by atoms with Crippen LogP contribution in [0.25, 0.3) is 0 Å². The van der Waals surface area contributed by atoms with Gasteiger partial charge in [-0.25, -0.2) is 0 Å². The standard InChI is InChI=1S/C23H28N2O3/c1-27-21-10-9-16(14-22(21)28-20-7-2-3-8-20)18-12-17(23(26)25-15-18)13-19-6-4-5-11-24-19/h4-6,9-11,14,17-18,20H,2-3,7-8,12-13,15H2,1H3,(H,25,26)/t17-,18-/m1/s1. The molecule has 1 aromatic heterocycles. The van der Waals surface area contributed by atoms with Crippen LogP contribution in [0, 0.1) is 5.92 Å². The number of nitrogens with zero attached hydrogens (tertiary/aromatic N) is 1. The van der Waals surface area contributed by atoms with E-state index >= 15 is 0 Å². The average Bonchev–Trinajstić information content (AvgIpc) is 3.23. The molecule has 1 amide bonds. The largest absolute Gasteiger partial charge is 0.493 e. The maximum atomic E-state index is 12.4. The lowest BCUT2D eigenvalue weighted by Gasteiger charge is -2.30. The van der Waals surface area contributed by atoms with Gasteiger partial charge in [-0.3, -0.25) is 9.78 Å². The number of piperidine rings is 1. The Balaban J connectivity index is 1.50. The number of nitrogens with one attached hydrogen (secondary N) is 1. The van der Waals surface area contributed by atoms with E-state index in [1.54, 1.807) is 13.3 Å². The molecular weight excluding hydrogens is 352 g/mol. The fourth-order valence-electron chi connectivity index (χ4n) is 4.33. The van der Waals surface area contributed by atoms with Crippen LogP contribution in [0.15, 0.2) is 42.6 Å². The van der Waals surface area contributed by atoms with Gasteiger partial charge in [0.15, 0.2) is 11.5 Å². The number of benzene rings is 1. The molecule has 0 radical (unpaired) electrons. The van der Waals surface area contributed by atoms with Crippen LogP contribution in [0.3, 0.4) is 0 Å². The molecule has 5 heteroatoms. The number of methoxy groups -OCH3 is 1. The number of rotatable bonds is 6. The first-order valence-electron chi connectivity index (χ1n) is 10.2. The Kier molecular flexibility index (Phi) is 5.79. The summed E-state index contributed by atoms with van der Waals surface area (Å²) in [4.78, 5) is 16.8. The van der Waals surface area contributed by atoms with Crippen molar-refractivity contribution in [1.82, 2.24) is 10.3 Å². The van der Waals surface area contributed by atoms with Crippen LogP contribution in [0.5, 0.6) is 11.5 Å². The van der Waals surface area contributed by atoms with Crippen LogP contribution in [0.1, 0.15) is 49.3 Å². The number of carbonyl (C=O) groups is 1. The second-order valence-corrected chi connectivity index (χ2v) is 7.83. The molecule has 1 saturated carbocycles. The van der Waals surface area contributed by atoms with Crippen LogP contribution < -0.4 is 14.8 Å². The van der Waals surface area contributed by atoms with Crippen LogP contribution in [-0.4, -0.2) is 30.6 Å². The Labute approximate surface area is 166 Å². The minimum Gasteiger partial charge on any atom is -0.493 e. The molecule has 148 valence electrons. The van der Waals surface area contributed by atoms with E-state index in [0.29, 0.717) is 13.0 Å². The van der Waals surface area contributed by atoms with Gasteiger partial charge in [0.2, 0.25) is 5.91 Å². The summed E-state index contributed by atoms with van der Waals surface area (Å²) in [6.45, 7) is 0.659. The number of pyridine rings is 1. The Morgan fingerprint density at radius 3 is 2.75 bits per heavy atom. The SMILES string of the molecule is COc1ccc([C@H]2CNC(=O)[C@@H](Cc3ccccn3)C2)cc1OC1CCCC1. The third kappa shape index (κ3) is 4.29. The first-order valence-corrected chi connectivity index (χ1v) is 10.2. The molecule has 2 aromatic rings. The highest BCUT2D eigenvalue weighted by molar-refractivity contribution is 5.80. The van der Waals surface area contributed by atoms with Crippen molar-refractivity contribution in [2.75, 3.05) is 13.7 Å². The van der Waals surface area contributed by atoms with Gasteiger partial charge in [-0.2, -0.15) is 0 Å². The van der Waals surface area contributed by atoms with Crippen LogP contribution in [-0.2, 0) is 11.2 Å². The van der Waals surface area contributed by atoms with Gasteiger partial charge in [0, 0.05) is 36.7 Å². The summed E-state index contributed by atoms with van der Waals surface area (Å²) in [7, 11) is 1.68. The highest BCUT2D eigenvalue weighted by atomic mass is 16.5. The van der Waals surface area contributed by atoms with Crippen LogP contribution in [0.2, 0.25) is 0 Å². The summed E-state index contributed by atoms with van der Waals surface area (Å²) in [5.41, 5.74) is 2.16. The molecule has 5 nitrogen and oxygen atoms in total. The van der Waals surface area contributed by atoms with Gasteiger partial charge in [0.25, 0.3) is 0 Å². The summed E-state index contributed by atoms with van der Waals surface area (Å²) in [6.07, 6.45) is 8.24. The summed E-state index contributed by atoms with van der Waals surface area (Å²) in [5, 5.41) is 3.08. The van der Waals surface area contributed by atoms with Gasteiger partial charge in [-0.15, -0.1) is 0 Å². The van der Waals surface area contributed by atoms with Crippen molar-refractivity contribution in [3.05, 3.63) is 53.9 Å². The predicted molar refractivity (Wildman–Crippen MR) is 108 cm³/mol. The number of hydrogen-bond acceptors (Lipinski definition) is 4. The third-order valence-electron chi connectivity index (χ3n) is 5.90. The number of hydrogen-bond donors (Lipinski definition) is 1. The van der Waals surface area contributed by atoms with Crippen molar-refractivity contribution >= 4 is 5.91 Å². The summed E-state index contributed by atoms with van der Waals surface area (Å²) in [5.74, 6) is 1.93. The molecule has 0 bridgehead atoms. The second kappa shape index (κ2) is 8.63. The normalized spacial score (nSPS) is 22.7. The zero-order valence-electron chi connectivity index (χ0n) is 16.4. The minimum atomic E-state index is -0.0602. The topological polar surface area (TPSA) is 60.5 Å². The number of carbonyl (C=O) groups excluding carboxylic acids is 1. The fourth-order valence-corrected chi connectivity index (χ4v) is 4.33. The lowest BCUT2D eigenvalue weighted by molar-refractivity contribution is -0.126. The molecule has 1 aliphatic carbocycles. The maximum Gasteiger partial charge on any atom is 0.223 e. The minimum absolute atomic E-state index is 0.0602. The van der Waals surface area contributed by atoms with Crippen molar-refractivity contribution in [2.45, 2.75) is 50.5 Å². The lowest BCUT2D eigenvalue weighted by Crippen LogP contribution is -2.41. The zero-order valence-corrected chi connectivity index (χ0v) is 16.4. The van der Waals surface area contributed by atoms with Gasteiger partial charge in [0.1, 0.15) is 0 Å². The van der Waals surface area contributed by atoms with E-state index in [0.717, 1.165) is 36.5 Å². The predicted octanol–water partition coefficient (Wildman–Crippen LogP) is 3.87. The first kappa shape index (κ1) is 18.8.